The van der Waals surface area contributed by atoms with Gasteiger partial charge in [0.25, 0.3) is 10.7 Å². The smallest absolute Gasteiger partial charge is 0.288 e. The molecule has 1 aliphatic heterocycles. The van der Waals surface area contributed by atoms with E-state index < -0.39 is 6.10 Å². The zero-order valence-electron chi connectivity index (χ0n) is 16.1. The summed E-state index contributed by atoms with van der Waals surface area (Å²) in [5, 5.41) is 4.47. The molecule has 9 heteroatoms. The number of hydrogen-bond donors (Lipinski definition) is 0. The molecule has 2 aromatic heterocycles. The van der Waals surface area contributed by atoms with E-state index >= 15 is 0 Å². The van der Waals surface area contributed by atoms with E-state index in [9.17, 15) is 4.39 Å². The molecule has 1 fully saturated rings. The molecule has 1 atom stereocenters. The van der Waals surface area contributed by atoms with E-state index in [0.29, 0.717) is 23.1 Å². The quantitative estimate of drug-likeness (QED) is 0.570. The van der Waals surface area contributed by atoms with Gasteiger partial charge in [-0.1, -0.05) is 6.07 Å². The van der Waals surface area contributed by atoms with Crippen molar-refractivity contribution < 1.29 is 13.5 Å². The van der Waals surface area contributed by atoms with Gasteiger partial charge in [0.15, 0.2) is 6.10 Å². The molecule has 1 aliphatic rings. The lowest BCUT2D eigenvalue weighted by atomic mass is 10.3. The summed E-state index contributed by atoms with van der Waals surface area (Å²) in [4.78, 5) is 9.26. The van der Waals surface area contributed by atoms with E-state index in [-0.39, 0.29) is 5.82 Å². The van der Waals surface area contributed by atoms with Crippen LogP contribution >= 0.6 is 12.2 Å². The first-order chi connectivity index (χ1) is 14.1. The third kappa shape index (κ3) is 4.80. The van der Waals surface area contributed by atoms with Crippen LogP contribution in [0.1, 0.15) is 18.9 Å². The van der Waals surface area contributed by atoms with Crippen LogP contribution in [0, 0.1) is 10.7 Å². The number of pyridine rings is 1. The van der Waals surface area contributed by atoms with Crippen LogP contribution < -0.4 is 9.64 Å². The Bertz CT molecular complexity index is 984. The Labute approximate surface area is 173 Å². The summed E-state index contributed by atoms with van der Waals surface area (Å²) in [6.45, 7) is 5.91. The fourth-order valence-corrected chi connectivity index (χ4v) is 3.38. The van der Waals surface area contributed by atoms with Crippen molar-refractivity contribution in [2.45, 2.75) is 19.7 Å². The van der Waals surface area contributed by atoms with Crippen molar-refractivity contribution in [3.8, 4) is 5.75 Å². The molecule has 0 radical (unpaired) electrons. The number of piperazine rings is 1. The monoisotopic (exact) mass is 415 g/mol. The number of aromatic nitrogens is 3. The minimum Gasteiger partial charge on any atom is -0.481 e. The Morgan fingerprint density at radius 2 is 1.90 bits per heavy atom. The molecule has 0 aliphatic carbocycles. The predicted molar refractivity (Wildman–Crippen MR) is 109 cm³/mol. The molecular formula is C20H22FN5O2S. The van der Waals surface area contributed by atoms with Crippen LogP contribution in [0.2, 0.25) is 0 Å². The highest BCUT2D eigenvalue weighted by Crippen LogP contribution is 2.21. The zero-order valence-corrected chi connectivity index (χ0v) is 16.9. The van der Waals surface area contributed by atoms with Gasteiger partial charge in [0.05, 0.1) is 6.67 Å². The molecule has 0 N–H and O–H groups in total. The van der Waals surface area contributed by atoms with E-state index in [1.165, 1.54) is 12.1 Å². The Hall–Kier alpha value is -2.78. The van der Waals surface area contributed by atoms with Crippen LogP contribution in [-0.2, 0) is 6.67 Å². The first-order valence-corrected chi connectivity index (χ1v) is 9.88. The molecule has 1 saturated heterocycles. The fourth-order valence-electron chi connectivity index (χ4n) is 3.19. The summed E-state index contributed by atoms with van der Waals surface area (Å²) in [5.41, 5.74) is 0. The van der Waals surface area contributed by atoms with E-state index in [2.05, 4.69) is 19.9 Å². The maximum Gasteiger partial charge on any atom is 0.288 e. The number of halogens is 1. The lowest BCUT2D eigenvalue weighted by molar-refractivity contribution is 0.185. The lowest BCUT2D eigenvalue weighted by Crippen LogP contribution is -2.47. The number of hydrogen-bond acceptors (Lipinski definition) is 7. The average molecular weight is 415 g/mol. The SMILES string of the molecule is C[C@H](Oc1ccc(F)cc1)c1nn(CN2CCN(c3ccccn3)CC2)c(=S)o1. The third-order valence-corrected chi connectivity index (χ3v) is 5.07. The van der Waals surface area contributed by atoms with E-state index in [0.717, 1.165) is 32.0 Å². The summed E-state index contributed by atoms with van der Waals surface area (Å²) in [6.07, 6.45) is 1.37. The summed E-state index contributed by atoms with van der Waals surface area (Å²) in [5.74, 6) is 1.63. The van der Waals surface area contributed by atoms with Crippen LogP contribution in [-0.4, -0.2) is 45.8 Å². The molecular weight excluding hydrogens is 393 g/mol. The molecule has 7 nitrogen and oxygen atoms in total. The molecule has 29 heavy (non-hydrogen) atoms. The van der Waals surface area contributed by atoms with Gasteiger partial charge in [0.1, 0.15) is 17.4 Å². The van der Waals surface area contributed by atoms with Crippen molar-refractivity contribution in [1.82, 2.24) is 19.7 Å². The standard InChI is InChI=1S/C20H22FN5O2S/c1-15(27-17-7-5-16(21)6-8-17)19-23-26(20(29)28-19)14-24-10-12-25(13-11-24)18-4-2-3-9-22-18/h2-9,15H,10-14H2,1H3/t15-/m0/s1. The summed E-state index contributed by atoms with van der Waals surface area (Å²) >= 11 is 5.32. The second-order valence-corrected chi connectivity index (χ2v) is 7.20. The molecule has 0 bridgehead atoms. The Morgan fingerprint density at radius 3 is 2.59 bits per heavy atom. The Morgan fingerprint density at radius 1 is 1.14 bits per heavy atom. The van der Waals surface area contributed by atoms with Gasteiger partial charge in [0, 0.05) is 32.4 Å². The Kier molecular flexibility index (Phi) is 5.86. The largest absolute Gasteiger partial charge is 0.481 e. The highest BCUT2D eigenvalue weighted by molar-refractivity contribution is 7.71. The third-order valence-electron chi connectivity index (χ3n) is 4.78. The number of anilines is 1. The first-order valence-electron chi connectivity index (χ1n) is 9.47. The van der Waals surface area contributed by atoms with Gasteiger partial charge in [-0.05, 0) is 55.5 Å². The van der Waals surface area contributed by atoms with E-state index in [1.807, 2.05) is 31.3 Å². The second-order valence-electron chi connectivity index (χ2n) is 6.85. The first kappa shape index (κ1) is 19.5. The van der Waals surface area contributed by atoms with Crippen molar-refractivity contribution in [1.29, 1.82) is 0 Å². The van der Waals surface area contributed by atoms with Gasteiger partial charge < -0.3 is 14.1 Å². The fraction of sp³-hybridized carbons (Fsp3) is 0.350. The number of ether oxygens (including phenoxy) is 1. The van der Waals surface area contributed by atoms with Crippen LogP contribution in [0.4, 0.5) is 10.2 Å². The minimum absolute atomic E-state index is 0.307. The van der Waals surface area contributed by atoms with Gasteiger partial charge in [-0.3, -0.25) is 4.90 Å². The topological polar surface area (TPSA) is 59.6 Å². The predicted octanol–water partition coefficient (Wildman–Crippen LogP) is 3.66. The van der Waals surface area contributed by atoms with Crippen molar-refractivity contribution in [3.63, 3.8) is 0 Å². The normalized spacial score (nSPS) is 16.0. The second kappa shape index (κ2) is 8.71. The lowest BCUT2D eigenvalue weighted by Gasteiger charge is -2.34. The van der Waals surface area contributed by atoms with Gasteiger partial charge in [-0.15, -0.1) is 5.10 Å². The van der Waals surface area contributed by atoms with Crippen LogP contribution in [0.25, 0.3) is 0 Å². The molecule has 3 aromatic rings. The Balaban J connectivity index is 1.35. The van der Waals surface area contributed by atoms with Gasteiger partial charge >= 0.3 is 0 Å². The molecule has 4 rings (SSSR count). The van der Waals surface area contributed by atoms with Crippen molar-refractivity contribution >= 4 is 18.0 Å². The summed E-state index contributed by atoms with van der Waals surface area (Å²) < 4.78 is 26.1. The molecule has 3 heterocycles. The maximum absolute atomic E-state index is 13.0. The van der Waals surface area contributed by atoms with Crippen molar-refractivity contribution in [2.75, 3.05) is 31.1 Å². The van der Waals surface area contributed by atoms with Gasteiger partial charge in [0.2, 0.25) is 0 Å². The molecule has 152 valence electrons. The summed E-state index contributed by atoms with van der Waals surface area (Å²) in [7, 11) is 0. The van der Waals surface area contributed by atoms with Crippen molar-refractivity contribution in [2.24, 2.45) is 0 Å². The van der Waals surface area contributed by atoms with Gasteiger partial charge in [-0.25, -0.2) is 14.1 Å². The van der Waals surface area contributed by atoms with E-state index in [4.69, 9.17) is 21.4 Å². The molecule has 0 amide bonds. The highest BCUT2D eigenvalue weighted by atomic mass is 32.1. The number of rotatable bonds is 6. The molecule has 0 spiro atoms. The molecule has 0 unspecified atom stereocenters. The summed E-state index contributed by atoms with van der Waals surface area (Å²) in [6, 6.07) is 11.8. The zero-order chi connectivity index (χ0) is 20.2. The van der Waals surface area contributed by atoms with Gasteiger partial charge in [-0.2, -0.15) is 0 Å². The van der Waals surface area contributed by atoms with Crippen LogP contribution in [0.5, 0.6) is 5.75 Å². The number of nitrogens with zero attached hydrogens (tertiary/aromatic N) is 5. The average Bonchev–Trinajstić information content (AvgIpc) is 3.11. The maximum atomic E-state index is 13.0. The van der Waals surface area contributed by atoms with Crippen LogP contribution in [0.15, 0.2) is 53.1 Å². The van der Waals surface area contributed by atoms with E-state index in [1.54, 1.807) is 16.8 Å². The van der Waals surface area contributed by atoms with Crippen molar-refractivity contribution in [3.05, 3.63) is 65.2 Å². The minimum atomic E-state index is -0.440. The number of benzene rings is 1. The molecule has 0 saturated carbocycles. The highest BCUT2D eigenvalue weighted by Gasteiger charge is 2.21. The molecule has 1 aromatic carbocycles. The van der Waals surface area contributed by atoms with Crippen LogP contribution in [0.3, 0.4) is 0 Å².